The summed E-state index contributed by atoms with van der Waals surface area (Å²) in [4.78, 5) is 27.8. The molecule has 0 aliphatic carbocycles. The maximum atomic E-state index is 12.3. The van der Waals surface area contributed by atoms with Crippen LogP contribution in [-0.4, -0.2) is 16.0 Å². The van der Waals surface area contributed by atoms with E-state index in [-0.39, 0.29) is 11.6 Å². The molecule has 2 aromatic carbocycles. The van der Waals surface area contributed by atoms with E-state index in [1.54, 1.807) is 30.3 Å². The Morgan fingerprint density at radius 2 is 1.93 bits per heavy atom. The number of amides is 1. The normalized spacial score (nSPS) is 16.3. The van der Waals surface area contributed by atoms with E-state index in [0.29, 0.717) is 27.2 Å². The fraction of sp³-hybridized carbons (Fsp3) is 0.0909. The number of benzene rings is 2. The number of non-ortho nitro benzene ring substituents is 1. The number of nitro groups is 1. The van der Waals surface area contributed by atoms with Crippen molar-refractivity contribution in [1.82, 2.24) is 5.32 Å². The first-order chi connectivity index (χ1) is 14.4. The number of aliphatic imine (C=N–C) groups is 1. The molecule has 0 atom stereocenters. The fourth-order valence-electron chi connectivity index (χ4n) is 2.88. The SMILES string of the molecule is Cc1ccc(N=C2NC(=O)/C(=C/c3ccc(-c4cccc([N+](=O)[O-])c4)o3)S2)cc1C. The van der Waals surface area contributed by atoms with Gasteiger partial charge in [0.2, 0.25) is 0 Å². The van der Waals surface area contributed by atoms with E-state index in [1.807, 2.05) is 32.0 Å². The lowest BCUT2D eigenvalue weighted by Gasteiger charge is -2.01. The number of aryl methyl sites for hydroxylation is 2. The zero-order chi connectivity index (χ0) is 21.3. The van der Waals surface area contributed by atoms with Gasteiger partial charge in [0.1, 0.15) is 11.5 Å². The number of hydrogen-bond acceptors (Lipinski definition) is 6. The van der Waals surface area contributed by atoms with Gasteiger partial charge in [-0.3, -0.25) is 14.9 Å². The molecule has 1 N–H and O–H groups in total. The average molecular weight is 419 g/mol. The molecule has 30 heavy (non-hydrogen) atoms. The van der Waals surface area contributed by atoms with Gasteiger partial charge in [0.05, 0.1) is 15.5 Å². The van der Waals surface area contributed by atoms with Gasteiger partial charge in [-0.05, 0) is 61.0 Å². The number of thioether (sulfide) groups is 1. The number of nitro benzene ring substituents is 1. The van der Waals surface area contributed by atoms with Crippen LogP contribution in [0.3, 0.4) is 0 Å². The second kappa shape index (κ2) is 8.00. The maximum Gasteiger partial charge on any atom is 0.270 e. The van der Waals surface area contributed by atoms with Crippen molar-refractivity contribution in [2.75, 3.05) is 0 Å². The predicted octanol–water partition coefficient (Wildman–Crippen LogP) is 5.36. The lowest BCUT2D eigenvalue weighted by Crippen LogP contribution is -2.19. The topological polar surface area (TPSA) is 97.7 Å². The van der Waals surface area contributed by atoms with Crippen LogP contribution in [0.1, 0.15) is 16.9 Å². The van der Waals surface area contributed by atoms with Crippen LogP contribution in [0.15, 0.2) is 68.9 Å². The van der Waals surface area contributed by atoms with E-state index in [0.717, 1.165) is 11.3 Å². The summed E-state index contributed by atoms with van der Waals surface area (Å²) in [6.07, 6.45) is 1.63. The van der Waals surface area contributed by atoms with Crippen molar-refractivity contribution in [2.45, 2.75) is 13.8 Å². The largest absolute Gasteiger partial charge is 0.457 e. The highest BCUT2D eigenvalue weighted by molar-refractivity contribution is 8.18. The fourth-order valence-corrected chi connectivity index (χ4v) is 3.70. The monoisotopic (exact) mass is 419 g/mol. The van der Waals surface area contributed by atoms with Crippen molar-refractivity contribution in [2.24, 2.45) is 4.99 Å². The Labute approximate surface area is 176 Å². The second-order valence-corrected chi connectivity index (χ2v) is 7.79. The Morgan fingerprint density at radius 3 is 2.70 bits per heavy atom. The van der Waals surface area contributed by atoms with Gasteiger partial charge in [-0.15, -0.1) is 0 Å². The van der Waals surface area contributed by atoms with Crippen LogP contribution in [0.25, 0.3) is 17.4 Å². The molecule has 1 saturated heterocycles. The van der Waals surface area contributed by atoms with Crippen LogP contribution in [0.5, 0.6) is 0 Å². The molecule has 1 amide bonds. The third-order valence-electron chi connectivity index (χ3n) is 4.61. The number of carbonyl (C=O) groups excluding carboxylic acids is 1. The highest BCUT2D eigenvalue weighted by Gasteiger charge is 2.24. The number of rotatable bonds is 4. The molecule has 3 aromatic rings. The summed E-state index contributed by atoms with van der Waals surface area (Å²) in [6.45, 7) is 4.05. The molecule has 1 fully saturated rings. The number of amidine groups is 1. The van der Waals surface area contributed by atoms with Crippen LogP contribution in [0.4, 0.5) is 11.4 Å². The van der Waals surface area contributed by atoms with Gasteiger partial charge in [0.15, 0.2) is 5.17 Å². The number of furan rings is 1. The van der Waals surface area contributed by atoms with Crippen molar-refractivity contribution in [1.29, 1.82) is 0 Å². The Balaban J connectivity index is 1.55. The van der Waals surface area contributed by atoms with Crippen LogP contribution in [0, 0.1) is 24.0 Å². The first-order valence-corrected chi connectivity index (χ1v) is 9.92. The van der Waals surface area contributed by atoms with Crippen LogP contribution >= 0.6 is 11.8 Å². The molecule has 1 aromatic heterocycles. The summed E-state index contributed by atoms with van der Waals surface area (Å²) in [5.41, 5.74) is 3.66. The lowest BCUT2D eigenvalue weighted by molar-refractivity contribution is -0.384. The number of carbonyl (C=O) groups is 1. The van der Waals surface area contributed by atoms with E-state index in [9.17, 15) is 14.9 Å². The van der Waals surface area contributed by atoms with Crippen molar-refractivity contribution >= 4 is 40.3 Å². The highest BCUT2D eigenvalue weighted by atomic mass is 32.2. The summed E-state index contributed by atoms with van der Waals surface area (Å²) >= 11 is 1.23. The van der Waals surface area contributed by atoms with Gasteiger partial charge >= 0.3 is 0 Å². The second-order valence-electron chi connectivity index (χ2n) is 6.76. The minimum atomic E-state index is -0.453. The van der Waals surface area contributed by atoms with Crippen LogP contribution in [0.2, 0.25) is 0 Å². The molecular formula is C22H17N3O4S. The molecule has 0 bridgehead atoms. The Hall–Kier alpha value is -3.65. The molecule has 8 heteroatoms. The minimum absolute atomic E-state index is 0.0123. The molecule has 0 spiro atoms. The molecule has 0 radical (unpaired) electrons. The summed E-state index contributed by atoms with van der Waals surface area (Å²) in [5.74, 6) is 0.704. The molecular weight excluding hydrogens is 402 g/mol. The minimum Gasteiger partial charge on any atom is -0.457 e. The zero-order valence-corrected chi connectivity index (χ0v) is 17.0. The smallest absolute Gasteiger partial charge is 0.270 e. The Bertz CT molecular complexity index is 1230. The van der Waals surface area contributed by atoms with Gasteiger partial charge in [-0.1, -0.05) is 18.2 Å². The molecule has 0 saturated carbocycles. The molecule has 4 rings (SSSR count). The number of hydrogen-bond donors (Lipinski definition) is 1. The zero-order valence-electron chi connectivity index (χ0n) is 16.2. The molecule has 0 unspecified atom stereocenters. The van der Waals surface area contributed by atoms with E-state index < -0.39 is 4.92 Å². The first-order valence-electron chi connectivity index (χ1n) is 9.10. The molecule has 150 valence electrons. The van der Waals surface area contributed by atoms with Crippen molar-refractivity contribution < 1.29 is 14.1 Å². The van der Waals surface area contributed by atoms with Gasteiger partial charge < -0.3 is 9.73 Å². The van der Waals surface area contributed by atoms with E-state index in [1.165, 1.54) is 29.5 Å². The van der Waals surface area contributed by atoms with Crippen molar-refractivity contribution in [3.8, 4) is 11.3 Å². The number of nitrogens with one attached hydrogen (secondary N) is 1. The lowest BCUT2D eigenvalue weighted by atomic mass is 10.1. The third-order valence-corrected chi connectivity index (χ3v) is 5.52. The van der Waals surface area contributed by atoms with Gasteiger partial charge in [0.25, 0.3) is 11.6 Å². The quantitative estimate of drug-likeness (QED) is 0.349. The highest BCUT2D eigenvalue weighted by Crippen LogP contribution is 2.31. The van der Waals surface area contributed by atoms with Gasteiger partial charge in [-0.25, -0.2) is 4.99 Å². The molecule has 7 nitrogen and oxygen atoms in total. The van der Waals surface area contributed by atoms with Crippen LogP contribution < -0.4 is 5.32 Å². The van der Waals surface area contributed by atoms with Crippen molar-refractivity contribution in [3.05, 3.63) is 86.5 Å². The molecule has 2 heterocycles. The number of nitrogens with zero attached hydrogens (tertiary/aromatic N) is 2. The van der Waals surface area contributed by atoms with Gasteiger partial charge in [0, 0.05) is 23.8 Å². The first kappa shape index (κ1) is 19.7. The maximum absolute atomic E-state index is 12.3. The Morgan fingerprint density at radius 1 is 1.10 bits per heavy atom. The summed E-state index contributed by atoms with van der Waals surface area (Å²) < 4.78 is 5.76. The van der Waals surface area contributed by atoms with Crippen molar-refractivity contribution in [3.63, 3.8) is 0 Å². The summed E-state index contributed by atoms with van der Waals surface area (Å²) in [7, 11) is 0. The van der Waals surface area contributed by atoms with Crippen LogP contribution in [-0.2, 0) is 4.79 Å². The third kappa shape index (κ3) is 4.18. The molecule has 1 aliphatic heterocycles. The van der Waals surface area contributed by atoms with E-state index in [2.05, 4.69) is 10.3 Å². The summed E-state index contributed by atoms with van der Waals surface area (Å²) in [6, 6.07) is 15.5. The Kier molecular flexibility index (Phi) is 5.24. The molecule has 1 aliphatic rings. The predicted molar refractivity (Wildman–Crippen MR) is 118 cm³/mol. The summed E-state index contributed by atoms with van der Waals surface area (Å²) in [5, 5.41) is 14.2. The van der Waals surface area contributed by atoms with E-state index in [4.69, 9.17) is 4.42 Å². The van der Waals surface area contributed by atoms with Gasteiger partial charge in [-0.2, -0.15) is 0 Å². The average Bonchev–Trinajstić information content (AvgIpc) is 3.32. The standard InChI is InChI=1S/C22H17N3O4S/c1-13-6-7-16(10-14(13)2)23-22-24-21(26)20(30-22)12-18-8-9-19(29-18)15-4-3-5-17(11-15)25(27)28/h3-12H,1-2H3,(H,23,24,26)/b20-12-. The van der Waals surface area contributed by atoms with E-state index >= 15 is 0 Å².